The van der Waals surface area contributed by atoms with Crippen molar-refractivity contribution >= 4 is 46.7 Å². The third kappa shape index (κ3) is 3.82. The molecule has 1 N–H and O–H groups in total. The molecule has 0 aliphatic carbocycles. The highest BCUT2D eigenvalue weighted by Crippen LogP contribution is 2.31. The number of amides is 1. The van der Waals surface area contributed by atoms with Crippen LogP contribution in [0, 0.1) is 0 Å². The van der Waals surface area contributed by atoms with Crippen LogP contribution in [0.3, 0.4) is 0 Å². The smallest absolute Gasteiger partial charge is 0.281 e. The number of rotatable bonds is 4. The minimum Gasteiger partial charge on any atom is -0.455 e. The zero-order valence-electron chi connectivity index (χ0n) is 11.6. The van der Waals surface area contributed by atoms with Crippen molar-refractivity contribution in [3.8, 4) is 11.3 Å². The number of thiophene rings is 1. The SMILES string of the molecule is O=C(N/N=C/c1ccc(-c2ccc(Cl)cc2Cl)o1)c1cccs1. The first-order chi connectivity index (χ1) is 11.1. The van der Waals surface area contributed by atoms with Gasteiger partial charge in [-0.1, -0.05) is 29.3 Å². The number of carbonyl (C=O) groups excluding carboxylic acids is 1. The largest absolute Gasteiger partial charge is 0.455 e. The van der Waals surface area contributed by atoms with Crippen LogP contribution < -0.4 is 5.43 Å². The molecule has 0 spiro atoms. The summed E-state index contributed by atoms with van der Waals surface area (Å²) in [5, 5.41) is 6.76. The number of nitrogens with zero attached hydrogens (tertiary/aromatic N) is 1. The molecular formula is C16H10Cl2N2O2S. The Morgan fingerprint density at radius 2 is 2.09 bits per heavy atom. The van der Waals surface area contributed by atoms with E-state index in [0.717, 1.165) is 5.56 Å². The molecule has 0 aliphatic rings. The second-order valence-electron chi connectivity index (χ2n) is 4.50. The Labute approximate surface area is 146 Å². The maximum Gasteiger partial charge on any atom is 0.281 e. The molecule has 0 radical (unpaired) electrons. The van der Waals surface area contributed by atoms with Crippen LogP contribution in [-0.2, 0) is 0 Å². The molecule has 2 heterocycles. The molecule has 0 bridgehead atoms. The van der Waals surface area contributed by atoms with Gasteiger partial charge in [0.05, 0.1) is 16.1 Å². The zero-order chi connectivity index (χ0) is 16.2. The predicted octanol–water partition coefficient (Wildman–Crippen LogP) is 5.08. The number of furan rings is 1. The minimum atomic E-state index is -0.260. The first-order valence-electron chi connectivity index (χ1n) is 6.55. The molecule has 7 heteroatoms. The van der Waals surface area contributed by atoms with Gasteiger partial charge in [0.2, 0.25) is 0 Å². The van der Waals surface area contributed by atoms with Crippen LogP contribution in [-0.4, -0.2) is 12.1 Å². The molecule has 4 nitrogen and oxygen atoms in total. The summed E-state index contributed by atoms with van der Waals surface area (Å²) in [5.74, 6) is 0.832. The lowest BCUT2D eigenvalue weighted by Gasteiger charge is -2.00. The molecule has 0 aliphatic heterocycles. The second kappa shape index (κ2) is 7.00. The number of halogens is 2. The van der Waals surface area contributed by atoms with Gasteiger partial charge in [0.15, 0.2) is 0 Å². The summed E-state index contributed by atoms with van der Waals surface area (Å²) in [4.78, 5) is 12.3. The number of nitrogens with one attached hydrogen (secondary N) is 1. The van der Waals surface area contributed by atoms with Crippen molar-refractivity contribution in [2.45, 2.75) is 0 Å². The van der Waals surface area contributed by atoms with Crippen LogP contribution >= 0.6 is 34.5 Å². The van der Waals surface area contributed by atoms with Crippen LogP contribution in [0.25, 0.3) is 11.3 Å². The Hall–Kier alpha value is -2.08. The van der Waals surface area contributed by atoms with Crippen molar-refractivity contribution in [2.75, 3.05) is 0 Å². The summed E-state index contributed by atoms with van der Waals surface area (Å²) >= 11 is 13.4. The fourth-order valence-corrected chi connectivity index (χ4v) is 2.99. The van der Waals surface area contributed by atoms with E-state index < -0.39 is 0 Å². The van der Waals surface area contributed by atoms with Gasteiger partial charge >= 0.3 is 0 Å². The van der Waals surface area contributed by atoms with E-state index in [0.29, 0.717) is 26.4 Å². The van der Waals surface area contributed by atoms with Crippen LogP contribution in [0.4, 0.5) is 0 Å². The molecular weight excluding hydrogens is 355 g/mol. The Kier molecular flexibility index (Phi) is 4.81. The second-order valence-corrected chi connectivity index (χ2v) is 6.29. The van der Waals surface area contributed by atoms with Gasteiger partial charge in [-0.05, 0) is 41.8 Å². The van der Waals surface area contributed by atoms with E-state index >= 15 is 0 Å². The summed E-state index contributed by atoms with van der Waals surface area (Å²) in [7, 11) is 0. The molecule has 0 saturated heterocycles. The molecule has 3 rings (SSSR count). The molecule has 1 aromatic carbocycles. The molecule has 116 valence electrons. The van der Waals surface area contributed by atoms with Crippen molar-refractivity contribution in [3.05, 3.63) is 68.5 Å². The van der Waals surface area contributed by atoms with Crippen molar-refractivity contribution in [2.24, 2.45) is 5.10 Å². The van der Waals surface area contributed by atoms with Crippen LogP contribution in [0.15, 0.2) is 57.4 Å². The van der Waals surface area contributed by atoms with E-state index in [1.54, 1.807) is 42.5 Å². The van der Waals surface area contributed by atoms with Gasteiger partial charge in [-0.2, -0.15) is 5.10 Å². The van der Waals surface area contributed by atoms with E-state index in [1.807, 2.05) is 5.38 Å². The normalized spacial score (nSPS) is 11.0. The quantitative estimate of drug-likeness (QED) is 0.518. The van der Waals surface area contributed by atoms with Gasteiger partial charge in [0.1, 0.15) is 11.5 Å². The summed E-state index contributed by atoms with van der Waals surface area (Å²) in [6.45, 7) is 0. The van der Waals surface area contributed by atoms with Crippen molar-refractivity contribution in [1.29, 1.82) is 0 Å². The monoisotopic (exact) mass is 364 g/mol. The van der Waals surface area contributed by atoms with Gasteiger partial charge in [-0.25, -0.2) is 5.43 Å². The van der Waals surface area contributed by atoms with E-state index in [2.05, 4.69) is 10.5 Å². The number of hydrogen-bond donors (Lipinski definition) is 1. The molecule has 1 amide bonds. The lowest BCUT2D eigenvalue weighted by atomic mass is 10.2. The highest BCUT2D eigenvalue weighted by Gasteiger charge is 2.09. The van der Waals surface area contributed by atoms with Crippen LogP contribution in [0.2, 0.25) is 10.0 Å². The maximum atomic E-state index is 11.7. The van der Waals surface area contributed by atoms with Crippen LogP contribution in [0.5, 0.6) is 0 Å². The Bertz CT molecular complexity index is 857. The van der Waals surface area contributed by atoms with Crippen molar-refractivity contribution in [3.63, 3.8) is 0 Å². The average Bonchev–Trinajstić information content (AvgIpc) is 3.18. The van der Waals surface area contributed by atoms with Gasteiger partial charge in [-0.3, -0.25) is 4.79 Å². The standard InChI is InChI=1S/C16H10Cl2N2O2S/c17-10-3-5-12(13(18)8-10)14-6-4-11(22-14)9-19-20-16(21)15-2-1-7-23-15/h1-9H,(H,20,21)/b19-9+. The third-order valence-corrected chi connectivity index (χ3v) is 4.34. The highest BCUT2D eigenvalue weighted by molar-refractivity contribution is 7.12. The average molecular weight is 365 g/mol. The topological polar surface area (TPSA) is 54.6 Å². The molecule has 23 heavy (non-hydrogen) atoms. The van der Waals surface area contributed by atoms with Crippen molar-refractivity contribution in [1.82, 2.24) is 5.43 Å². The van der Waals surface area contributed by atoms with Gasteiger partial charge < -0.3 is 4.42 Å². The summed E-state index contributed by atoms with van der Waals surface area (Å²) in [5.41, 5.74) is 3.17. The molecule has 2 aromatic heterocycles. The van der Waals surface area contributed by atoms with E-state index in [9.17, 15) is 4.79 Å². The molecule has 3 aromatic rings. The first-order valence-corrected chi connectivity index (χ1v) is 8.19. The molecule has 0 fully saturated rings. The zero-order valence-corrected chi connectivity index (χ0v) is 14.0. The fourth-order valence-electron chi connectivity index (χ4n) is 1.87. The van der Waals surface area contributed by atoms with Gasteiger partial charge in [0, 0.05) is 10.6 Å². The lowest BCUT2D eigenvalue weighted by molar-refractivity contribution is 0.0959. The Morgan fingerprint density at radius 3 is 2.83 bits per heavy atom. The maximum absolute atomic E-state index is 11.7. The van der Waals surface area contributed by atoms with Gasteiger partial charge in [-0.15, -0.1) is 11.3 Å². The molecule has 0 unspecified atom stereocenters. The minimum absolute atomic E-state index is 0.260. The number of hydrogen-bond acceptors (Lipinski definition) is 4. The van der Waals surface area contributed by atoms with E-state index in [-0.39, 0.29) is 5.91 Å². The first kappa shape index (κ1) is 15.8. The molecule has 0 atom stereocenters. The Balaban J connectivity index is 1.70. The molecule has 0 saturated carbocycles. The lowest BCUT2D eigenvalue weighted by Crippen LogP contribution is -2.15. The van der Waals surface area contributed by atoms with Crippen LogP contribution in [0.1, 0.15) is 15.4 Å². The van der Waals surface area contributed by atoms with E-state index in [4.69, 9.17) is 27.6 Å². The van der Waals surface area contributed by atoms with E-state index in [1.165, 1.54) is 17.6 Å². The summed E-state index contributed by atoms with van der Waals surface area (Å²) in [6.07, 6.45) is 1.43. The Morgan fingerprint density at radius 1 is 1.22 bits per heavy atom. The fraction of sp³-hybridized carbons (Fsp3) is 0. The number of benzene rings is 1. The van der Waals surface area contributed by atoms with Crippen molar-refractivity contribution < 1.29 is 9.21 Å². The highest BCUT2D eigenvalue weighted by atomic mass is 35.5. The number of carbonyl (C=O) groups is 1. The summed E-state index contributed by atoms with van der Waals surface area (Å²) in [6, 6.07) is 12.2. The third-order valence-electron chi connectivity index (χ3n) is 2.93. The van der Waals surface area contributed by atoms with Gasteiger partial charge in [0.25, 0.3) is 5.91 Å². The number of hydrazone groups is 1. The predicted molar refractivity (Wildman–Crippen MR) is 93.5 cm³/mol. The summed E-state index contributed by atoms with van der Waals surface area (Å²) < 4.78 is 5.64.